The van der Waals surface area contributed by atoms with Gasteiger partial charge in [-0.1, -0.05) is 5.21 Å². The molecular formula is C9H10F5N3O2. The molecule has 0 aliphatic rings. The van der Waals surface area contributed by atoms with Crippen LogP contribution in [0.5, 0.6) is 0 Å². The first kappa shape index (κ1) is 15.3. The lowest BCUT2D eigenvalue weighted by Gasteiger charge is -2.08. The van der Waals surface area contributed by atoms with Crippen LogP contribution < -0.4 is 0 Å². The second kappa shape index (κ2) is 5.93. The van der Waals surface area contributed by atoms with Crippen molar-refractivity contribution in [3.05, 3.63) is 11.4 Å². The van der Waals surface area contributed by atoms with Gasteiger partial charge in [0, 0.05) is 0 Å². The van der Waals surface area contributed by atoms with Crippen LogP contribution >= 0.6 is 0 Å². The molecule has 1 rings (SSSR count). The van der Waals surface area contributed by atoms with Gasteiger partial charge in [-0.25, -0.2) is 18.3 Å². The zero-order valence-electron chi connectivity index (χ0n) is 9.75. The Bertz CT molecular complexity index is 444. The number of rotatable bonds is 5. The summed E-state index contributed by atoms with van der Waals surface area (Å²) in [4.78, 5) is 11.3. The van der Waals surface area contributed by atoms with Crippen LogP contribution in [0.25, 0.3) is 0 Å². The average Bonchev–Trinajstić information content (AvgIpc) is 2.69. The molecule has 0 amide bonds. The monoisotopic (exact) mass is 287 g/mol. The molecule has 0 unspecified atom stereocenters. The Balaban J connectivity index is 2.97. The van der Waals surface area contributed by atoms with E-state index in [1.807, 2.05) is 0 Å². The summed E-state index contributed by atoms with van der Waals surface area (Å²) in [7, 11) is 0. The van der Waals surface area contributed by atoms with Gasteiger partial charge in [0.2, 0.25) is 0 Å². The Kier molecular flexibility index (Phi) is 4.78. The van der Waals surface area contributed by atoms with E-state index in [-0.39, 0.29) is 6.61 Å². The fourth-order valence-corrected chi connectivity index (χ4v) is 1.28. The van der Waals surface area contributed by atoms with Crippen molar-refractivity contribution in [3.63, 3.8) is 0 Å². The zero-order chi connectivity index (χ0) is 14.6. The van der Waals surface area contributed by atoms with Gasteiger partial charge in [0.25, 0.3) is 6.43 Å². The van der Waals surface area contributed by atoms with Crippen molar-refractivity contribution in [1.29, 1.82) is 0 Å². The third-order valence-corrected chi connectivity index (χ3v) is 2.06. The molecule has 0 spiro atoms. The van der Waals surface area contributed by atoms with Crippen LogP contribution in [0.2, 0.25) is 0 Å². The van der Waals surface area contributed by atoms with E-state index in [1.54, 1.807) is 0 Å². The molecular weight excluding hydrogens is 277 g/mol. The van der Waals surface area contributed by atoms with E-state index < -0.39 is 42.9 Å². The number of halogens is 5. The van der Waals surface area contributed by atoms with E-state index in [4.69, 9.17) is 0 Å². The van der Waals surface area contributed by atoms with Gasteiger partial charge >= 0.3 is 12.1 Å². The lowest BCUT2D eigenvalue weighted by Crippen LogP contribution is -2.16. The molecule has 19 heavy (non-hydrogen) atoms. The minimum Gasteiger partial charge on any atom is -0.461 e. The number of esters is 1. The molecule has 108 valence electrons. The van der Waals surface area contributed by atoms with E-state index >= 15 is 0 Å². The van der Waals surface area contributed by atoms with Crippen molar-refractivity contribution in [2.75, 3.05) is 6.61 Å². The van der Waals surface area contributed by atoms with Crippen LogP contribution in [0.1, 0.15) is 36.0 Å². The maximum atomic E-state index is 12.8. The molecule has 0 aliphatic carbocycles. The van der Waals surface area contributed by atoms with Gasteiger partial charge in [-0.15, -0.1) is 5.10 Å². The minimum atomic E-state index is -4.52. The first-order chi connectivity index (χ1) is 8.76. The van der Waals surface area contributed by atoms with E-state index in [2.05, 4.69) is 15.0 Å². The Morgan fingerprint density at radius 2 is 2.05 bits per heavy atom. The van der Waals surface area contributed by atoms with Crippen LogP contribution in [0.3, 0.4) is 0 Å². The number of nitrogens with zero attached hydrogens (tertiary/aromatic N) is 3. The summed E-state index contributed by atoms with van der Waals surface area (Å²) in [5, 5.41) is 6.28. The standard InChI is InChI=1S/C9H10F5N3O2/c1-2-19-8(18)5-6(7(10)11)17(16-15-5)4-3-9(12,13)14/h7H,2-4H2,1H3. The van der Waals surface area contributed by atoms with E-state index in [9.17, 15) is 26.7 Å². The SMILES string of the molecule is CCOC(=O)c1nnn(CCC(F)(F)F)c1C(F)F. The molecule has 0 bridgehead atoms. The van der Waals surface area contributed by atoms with Crippen LogP contribution in [-0.4, -0.2) is 33.7 Å². The Labute approximate surface area is 104 Å². The maximum Gasteiger partial charge on any atom is 0.390 e. The predicted octanol–water partition coefficient (Wildman–Crippen LogP) is 2.34. The van der Waals surface area contributed by atoms with Gasteiger partial charge in [-0.05, 0) is 6.92 Å². The lowest BCUT2D eigenvalue weighted by atomic mass is 10.3. The summed E-state index contributed by atoms with van der Waals surface area (Å²) in [5.74, 6) is -1.14. The molecule has 0 fully saturated rings. The summed E-state index contributed by atoms with van der Waals surface area (Å²) in [6, 6.07) is 0. The largest absolute Gasteiger partial charge is 0.461 e. The second-order valence-corrected chi connectivity index (χ2v) is 3.43. The first-order valence-corrected chi connectivity index (χ1v) is 5.21. The number of carbonyl (C=O) groups is 1. The van der Waals surface area contributed by atoms with Crippen LogP contribution in [0.15, 0.2) is 0 Å². The van der Waals surface area contributed by atoms with Crippen LogP contribution in [0, 0.1) is 0 Å². The molecule has 5 nitrogen and oxygen atoms in total. The van der Waals surface area contributed by atoms with Crippen molar-refractivity contribution in [3.8, 4) is 0 Å². The molecule has 0 radical (unpaired) electrons. The van der Waals surface area contributed by atoms with Gasteiger partial charge in [-0.2, -0.15) is 13.2 Å². The Hall–Kier alpha value is -1.74. The molecule has 1 aromatic heterocycles. The minimum absolute atomic E-state index is 0.0725. The summed E-state index contributed by atoms with van der Waals surface area (Å²) in [6.45, 7) is 0.542. The number of alkyl halides is 5. The second-order valence-electron chi connectivity index (χ2n) is 3.43. The Morgan fingerprint density at radius 3 is 2.53 bits per heavy atom. The topological polar surface area (TPSA) is 57.0 Å². The summed E-state index contributed by atoms with van der Waals surface area (Å²) < 4.78 is 66.4. The average molecular weight is 287 g/mol. The van der Waals surface area contributed by atoms with E-state index in [0.29, 0.717) is 4.68 Å². The van der Waals surface area contributed by atoms with Crippen molar-refractivity contribution in [2.45, 2.75) is 32.5 Å². The highest BCUT2D eigenvalue weighted by molar-refractivity contribution is 5.88. The number of hydrogen-bond donors (Lipinski definition) is 0. The van der Waals surface area contributed by atoms with E-state index in [0.717, 1.165) is 0 Å². The fraction of sp³-hybridized carbons (Fsp3) is 0.667. The van der Waals surface area contributed by atoms with E-state index in [1.165, 1.54) is 6.92 Å². The first-order valence-electron chi connectivity index (χ1n) is 5.21. The molecule has 0 aliphatic heterocycles. The molecule has 0 aromatic carbocycles. The molecule has 1 heterocycles. The Morgan fingerprint density at radius 1 is 1.42 bits per heavy atom. The summed E-state index contributed by atoms with van der Waals surface area (Å²) >= 11 is 0. The summed E-state index contributed by atoms with van der Waals surface area (Å²) in [5.41, 5.74) is -1.73. The molecule has 10 heteroatoms. The van der Waals surface area contributed by atoms with Crippen LogP contribution in [-0.2, 0) is 11.3 Å². The maximum absolute atomic E-state index is 12.8. The number of aromatic nitrogens is 3. The molecule has 0 N–H and O–H groups in total. The molecule has 0 atom stereocenters. The molecule has 0 saturated carbocycles. The zero-order valence-corrected chi connectivity index (χ0v) is 9.75. The highest BCUT2D eigenvalue weighted by Crippen LogP contribution is 2.25. The van der Waals surface area contributed by atoms with Gasteiger partial charge < -0.3 is 4.74 Å². The van der Waals surface area contributed by atoms with Gasteiger partial charge in [0.1, 0.15) is 5.69 Å². The van der Waals surface area contributed by atoms with Crippen molar-refractivity contribution in [2.24, 2.45) is 0 Å². The van der Waals surface area contributed by atoms with Crippen molar-refractivity contribution in [1.82, 2.24) is 15.0 Å². The van der Waals surface area contributed by atoms with Gasteiger partial charge in [0.05, 0.1) is 19.6 Å². The third-order valence-electron chi connectivity index (χ3n) is 2.06. The summed E-state index contributed by atoms with van der Waals surface area (Å²) in [6.07, 6.45) is -9.05. The quantitative estimate of drug-likeness (QED) is 0.616. The molecule has 1 aromatic rings. The van der Waals surface area contributed by atoms with Crippen LogP contribution in [0.4, 0.5) is 22.0 Å². The highest BCUT2D eigenvalue weighted by Gasteiger charge is 2.31. The fourth-order valence-electron chi connectivity index (χ4n) is 1.28. The molecule has 0 saturated heterocycles. The highest BCUT2D eigenvalue weighted by atomic mass is 19.4. The number of hydrogen-bond acceptors (Lipinski definition) is 4. The van der Waals surface area contributed by atoms with Crippen molar-refractivity contribution < 1.29 is 31.5 Å². The normalized spacial score (nSPS) is 11.9. The lowest BCUT2D eigenvalue weighted by molar-refractivity contribution is -0.137. The number of carbonyl (C=O) groups excluding carboxylic acids is 1. The number of aryl methyl sites for hydroxylation is 1. The van der Waals surface area contributed by atoms with Crippen molar-refractivity contribution >= 4 is 5.97 Å². The van der Waals surface area contributed by atoms with Gasteiger partial charge in [-0.3, -0.25) is 0 Å². The predicted molar refractivity (Wildman–Crippen MR) is 51.6 cm³/mol. The van der Waals surface area contributed by atoms with Gasteiger partial charge in [0.15, 0.2) is 5.69 Å². The number of ether oxygens (including phenoxy) is 1. The smallest absolute Gasteiger partial charge is 0.390 e. The third kappa shape index (κ3) is 4.14.